The van der Waals surface area contributed by atoms with Crippen LogP contribution in [0.2, 0.25) is 0 Å². The molecule has 0 saturated heterocycles. The highest BCUT2D eigenvalue weighted by Crippen LogP contribution is 2.30. The summed E-state index contributed by atoms with van der Waals surface area (Å²) >= 11 is 0. The maximum Gasteiger partial charge on any atom is 0.348 e. The van der Waals surface area contributed by atoms with Crippen molar-refractivity contribution in [1.29, 1.82) is 0 Å². The Bertz CT molecular complexity index is 1290. The van der Waals surface area contributed by atoms with Gasteiger partial charge in [0.15, 0.2) is 0 Å². The first kappa shape index (κ1) is 21.6. The van der Waals surface area contributed by atoms with Gasteiger partial charge in [-0.2, -0.15) is 4.98 Å². The molecular formula is C26H27N3O3. The molecule has 0 bridgehead atoms. The zero-order chi connectivity index (χ0) is 22.7. The van der Waals surface area contributed by atoms with Gasteiger partial charge in [0.25, 0.3) is 0 Å². The Balaban J connectivity index is 1.85. The molecule has 1 heterocycles. The minimum atomic E-state index is -0.296. The highest BCUT2D eigenvalue weighted by molar-refractivity contribution is 5.93. The van der Waals surface area contributed by atoms with E-state index in [1.165, 1.54) is 5.56 Å². The van der Waals surface area contributed by atoms with Gasteiger partial charge < -0.3 is 4.74 Å². The quantitative estimate of drug-likeness (QED) is 0.408. The van der Waals surface area contributed by atoms with Gasteiger partial charge in [-0.15, -0.1) is 0 Å². The van der Waals surface area contributed by atoms with E-state index in [0.29, 0.717) is 18.2 Å². The summed E-state index contributed by atoms with van der Waals surface area (Å²) in [6.07, 6.45) is 0. The molecule has 0 aliphatic carbocycles. The van der Waals surface area contributed by atoms with Crippen LogP contribution in [0.3, 0.4) is 0 Å². The lowest BCUT2D eigenvalue weighted by molar-refractivity contribution is 0.271. The molecule has 6 heteroatoms. The molecule has 1 aromatic heterocycles. The van der Waals surface area contributed by atoms with Crippen LogP contribution in [-0.2, 0) is 11.4 Å². The summed E-state index contributed by atoms with van der Waals surface area (Å²) in [7, 11) is 3.20. The van der Waals surface area contributed by atoms with Gasteiger partial charge >= 0.3 is 5.69 Å². The number of hydrogen-bond donors (Lipinski definition) is 1. The van der Waals surface area contributed by atoms with Crippen molar-refractivity contribution in [3.8, 4) is 17.0 Å². The average molecular weight is 430 g/mol. The standard InChI is InChI=1S/C26H27N3O3/c1-17(2)19-8-10-20(11-9-19)25-23-15-22(31-3)12-13-24(23)29(26(30)27-25)16-18-6-5-7-21(14-18)28-32-4/h5-15,17,28H,16H2,1-4H3. The summed E-state index contributed by atoms with van der Waals surface area (Å²) in [4.78, 5) is 22.6. The van der Waals surface area contributed by atoms with Gasteiger partial charge in [-0.1, -0.05) is 50.2 Å². The first-order valence-electron chi connectivity index (χ1n) is 10.6. The normalized spacial score (nSPS) is 11.2. The van der Waals surface area contributed by atoms with E-state index < -0.39 is 0 Å². The van der Waals surface area contributed by atoms with Crippen LogP contribution in [0.25, 0.3) is 22.2 Å². The Morgan fingerprint density at radius 3 is 2.47 bits per heavy atom. The molecular weight excluding hydrogens is 402 g/mol. The minimum Gasteiger partial charge on any atom is -0.497 e. The van der Waals surface area contributed by atoms with Crippen LogP contribution in [0, 0.1) is 0 Å². The van der Waals surface area contributed by atoms with E-state index in [2.05, 4.69) is 36.4 Å². The average Bonchev–Trinajstić information content (AvgIpc) is 2.81. The van der Waals surface area contributed by atoms with E-state index in [4.69, 9.17) is 9.57 Å². The summed E-state index contributed by atoms with van der Waals surface area (Å²) in [5, 5.41) is 0.868. The molecule has 0 atom stereocenters. The molecule has 0 saturated carbocycles. The third kappa shape index (κ3) is 4.36. The number of anilines is 1. The van der Waals surface area contributed by atoms with Crippen molar-refractivity contribution in [1.82, 2.24) is 9.55 Å². The molecule has 6 nitrogen and oxygen atoms in total. The van der Waals surface area contributed by atoms with Crippen molar-refractivity contribution >= 4 is 16.6 Å². The molecule has 0 amide bonds. The number of nitrogens with one attached hydrogen (secondary N) is 1. The number of ether oxygens (including phenoxy) is 1. The first-order chi connectivity index (χ1) is 15.5. The SMILES string of the molecule is CONc1cccc(Cn2c(=O)nc(-c3ccc(C(C)C)cc3)c3cc(OC)ccc32)c1. The van der Waals surface area contributed by atoms with Gasteiger partial charge in [-0.05, 0) is 47.4 Å². The second kappa shape index (κ2) is 9.24. The van der Waals surface area contributed by atoms with E-state index in [1.54, 1.807) is 18.8 Å². The monoisotopic (exact) mass is 429 g/mol. The van der Waals surface area contributed by atoms with E-state index >= 15 is 0 Å². The summed E-state index contributed by atoms with van der Waals surface area (Å²) in [5.41, 5.74) is 7.92. The zero-order valence-electron chi connectivity index (χ0n) is 18.8. The molecule has 0 fully saturated rings. The summed E-state index contributed by atoms with van der Waals surface area (Å²) in [6, 6.07) is 21.7. The Hall–Kier alpha value is -3.64. The highest BCUT2D eigenvalue weighted by atomic mass is 16.6. The van der Waals surface area contributed by atoms with Gasteiger partial charge in [0.05, 0.1) is 37.7 Å². The Morgan fingerprint density at radius 2 is 1.78 bits per heavy atom. The smallest absolute Gasteiger partial charge is 0.348 e. The lowest BCUT2D eigenvalue weighted by Crippen LogP contribution is -2.24. The fraction of sp³-hybridized carbons (Fsp3) is 0.231. The summed E-state index contributed by atoms with van der Waals surface area (Å²) < 4.78 is 7.14. The van der Waals surface area contributed by atoms with Crippen molar-refractivity contribution in [2.24, 2.45) is 0 Å². The van der Waals surface area contributed by atoms with Crippen LogP contribution < -0.4 is 15.9 Å². The summed E-state index contributed by atoms with van der Waals surface area (Å²) in [5.74, 6) is 1.15. The van der Waals surface area contributed by atoms with Crippen LogP contribution in [0.4, 0.5) is 5.69 Å². The van der Waals surface area contributed by atoms with E-state index in [-0.39, 0.29) is 5.69 Å². The van der Waals surface area contributed by atoms with Crippen molar-refractivity contribution in [2.45, 2.75) is 26.3 Å². The topological polar surface area (TPSA) is 65.4 Å². The molecule has 0 aliphatic heterocycles. The zero-order valence-corrected chi connectivity index (χ0v) is 18.8. The van der Waals surface area contributed by atoms with Crippen LogP contribution in [0.15, 0.2) is 71.5 Å². The van der Waals surface area contributed by atoms with Crippen molar-refractivity contribution < 1.29 is 9.57 Å². The predicted octanol–water partition coefficient (Wildman–Crippen LogP) is 5.22. The van der Waals surface area contributed by atoms with Crippen LogP contribution in [0.1, 0.15) is 30.9 Å². The molecule has 0 aliphatic rings. The number of benzene rings is 3. The van der Waals surface area contributed by atoms with Crippen LogP contribution in [-0.4, -0.2) is 23.8 Å². The van der Waals surface area contributed by atoms with E-state index in [0.717, 1.165) is 33.5 Å². The number of nitrogens with zero attached hydrogens (tertiary/aromatic N) is 2. The molecule has 0 spiro atoms. The highest BCUT2D eigenvalue weighted by Gasteiger charge is 2.14. The van der Waals surface area contributed by atoms with Gasteiger partial charge in [0.1, 0.15) is 5.75 Å². The third-order valence-corrected chi connectivity index (χ3v) is 5.53. The Labute approximate surface area is 187 Å². The Morgan fingerprint density at radius 1 is 1.00 bits per heavy atom. The largest absolute Gasteiger partial charge is 0.497 e. The van der Waals surface area contributed by atoms with Crippen molar-refractivity contribution in [3.05, 3.63) is 88.3 Å². The number of aromatic nitrogens is 2. The van der Waals surface area contributed by atoms with Crippen molar-refractivity contribution in [3.63, 3.8) is 0 Å². The summed E-state index contributed by atoms with van der Waals surface area (Å²) in [6.45, 7) is 4.71. The van der Waals surface area contributed by atoms with Gasteiger partial charge in [0, 0.05) is 10.9 Å². The first-order valence-corrected chi connectivity index (χ1v) is 10.6. The lowest BCUT2D eigenvalue weighted by atomic mass is 9.99. The molecule has 32 heavy (non-hydrogen) atoms. The minimum absolute atomic E-state index is 0.296. The molecule has 164 valence electrons. The van der Waals surface area contributed by atoms with E-state index in [1.807, 2.05) is 54.6 Å². The fourth-order valence-corrected chi connectivity index (χ4v) is 3.82. The fourth-order valence-electron chi connectivity index (χ4n) is 3.82. The van der Waals surface area contributed by atoms with Crippen molar-refractivity contribution in [2.75, 3.05) is 19.7 Å². The van der Waals surface area contributed by atoms with Gasteiger partial charge in [-0.3, -0.25) is 14.9 Å². The number of rotatable bonds is 7. The second-order valence-corrected chi connectivity index (χ2v) is 8.00. The second-order valence-electron chi connectivity index (χ2n) is 8.00. The van der Waals surface area contributed by atoms with E-state index in [9.17, 15) is 4.79 Å². The molecule has 3 aromatic carbocycles. The predicted molar refractivity (Wildman–Crippen MR) is 128 cm³/mol. The van der Waals surface area contributed by atoms with Crippen LogP contribution >= 0.6 is 0 Å². The number of hydrogen-bond acceptors (Lipinski definition) is 5. The molecule has 0 radical (unpaired) electrons. The van der Waals surface area contributed by atoms with Gasteiger partial charge in [0.2, 0.25) is 0 Å². The Kier molecular flexibility index (Phi) is 6.23. The molecule has 4 aromatic rings. The molecule has 0 unspecified atom stereocenters. The maximum absolute atomic E-state index is 13.2. The maximum atomic E-state index is 13.2. The van der Waals surface area contributed by atoms with Gasteiger partial charge in [-0.25, -0.2) is 4.79 Å². The number of methoxy groups -OCH3 is 1. The third-order valence-electron chi connectivity index (χ3n) is 5.53. The molecule has 1 N–H and O–H groups in total. The number of fused-ring (bicyclic) bond motifs is 1. The van der Waals surface area contributed by atoms with Crippen LogP contribution in [0.5, 0.6) is 5.75 Å². The molecule has 4 rings (SSSR count). The lowest BCUT2D eigenvalue weighted by Gasteiger charge is -2.15.